The van der Waals surface area contributed by atoms with Crippen molar-refractivity contribution >= 4 is 24.2 Å². The van der Waals surface area contributed by atoms with Crippen LogP contribution in [0.25, 0.3) is 0 Å². The van der Waals surface area contributed by atoms with Gasteiger partial charge in [0.1, 0.15) is 0 Å². The lowest BCUT2D eigenvalue weighted by molar-refractivity contribution is -0.140. The van der Waals surface area contributed by atoms with Crippen molar-refractivity contribution in [3.8, 4) is 0 Å². The summed E-state index contributed by atoms with van der Waals surface area (Å²) in [6, 6.07) is 0.693. The summed E-state index contributed by atoms with van der Waals surface area (Å²) in [5, 5.41) is 0. The van der Waals surface area contributed by atoms with Gasteiger partial charge in [-0.25, -0.2) is 0 Å². The molecule has 2 bridgehead atoms. The molecule has 2 atom stereocenters. The Bertz CT molecular complexity index is 493. The van der Waals surface area contributed by atoms with E-state index in [4.69, 9.17) is 5.73 Å². The summed E-state index contributed by atoms with van der Waals surface area (Å²) in [4.78, 5) is 29.0. The molecule has 0 aromatic carbocycles. The van der Waals surface area contributed by atoms with Crippen LogP contribution >= 0.6 is 12.4 Å². The van der Waals surface area contributed by atoms with Gasteiger partial charge in [-0.05, 0) is 56.8 Å². The van der Waals surface area contributed by atoms with Gasteiger partial charge in [0, 0.05) is 44.1 Å². The van der Waals surface area contributed by atoms with Crippen molar-refractivity contribution in [3.63, 3.8) is 0 Å². The number of amides is 2. The fraction of sp³-hybridized carbons (Fsp3) is 0.895. The molecule has 2 amide bonds. The SMILES string of the molecule is Cl.NC1C2CCCC1CC(C(=O)N1CCC(N3CCCC3=O)CC1)C2. The lowest BCUT2D eigenvalue weighted by Crippen LogP contribution is -2.52. The second-order valence-corrected chi connectivity index (χ2v) is 8.44. The first-order valence-electron chi connectivity index (χ1n) is 9.97. The molecule has 4 aliphatic rings. The molecule has 0 aromatic rings. The van der Waals surface area contributed by atoms with E-state index in [-0.39, 0.29) is 18.3 Å². The highest BCUT2D eigenvalue weighted by atomic mass is 35.5. The van der Waals surface area contributed by atoms with Crippen LogP contribution in [0.15, 0.2) is 0 Å². The molecular weight excluding hydrogens is 338 g/mol. The summed E-state index contributed by atoms with van der Waals surface area (Å²) < 4.78 is 0. The monoisotopic (exact) mass is 369 g/mol. The number of piperidine rings is 1. The van der Waals surface area contributed by atoms with E-state index in [1.807, 2.05) is 0 Å². The first kappa shape index (κ1) is 19.0. The van der Waals surface area contributed by atoms with Crippen LogP contribution in [-0.4, -0.2) is 53.3 Å². The highest BCUT2D eigenvalue weighted by molar-refractivity contribution is 5.85. The second kappa shape index (κ2) is 7.83. The van der Waals surface area contributed by atoms with Gasteiger partial charge in [-0.3, -0.25) is 9.59 Å². The summed E-state index contributed by atoms with van der Waals surface area (Å²) >= 11 is 0. The normalized spacial score (nSPS) is 36.3. The fourth-order valence-electron chi connectivity index (χ4n) is 5.70. The predicted octanol–water partition coefficient (Wildman–Crippen LogP) is 2.18. The lowest BCUT2D eigenvalue weighted by Gasteiger charge is -2.45. The first-order valence-corrected chi connectivity index (χ1v) is 9.97. The number of rotatable bonds is 2. The third-order valence-electron chi connectivity index (χ3n) is 7.09. The largest absolute Gasteiger partial charge is 0.342 e. The zero-order valence-corrected chi connectivity index (χ0v) is 15.9. The number of halogens is 1. The molecular formula is C19H32ClN3O2. The Morgan fingerprint density at radius 3 is 2.16 bits per heavy atom. The fourth-order valence-corrected chi connectivity index (χ4v) is 5.70. The van der Waals surface area contributed by atoms with Gasteiger partial charge in [0.05, 0.1) is 0 Å². The molecule has 2 aliphatic carbocycles. The van der Waals surface area contributed by atoms with Gasteiger partial charge in [-0.2, -0.15) is 0 Å². The minimum absolute atomic E-state index is 0. The van der Waals surface area contributed by atoms with Crippen molar-refractivity contribution in [2.24, 2.45) is 23.5 Å². The Morgan fingerprint density at radius 2 is 1.60 bits per heavy atom. The predicted molar refractivity (Wildman–Crippen MR) is 99.3 cm³/mol. The van der Waals surface area contributed by atoms with Crippen molar-refractivity contribution in [3.05, 3.63) is 0 Å². The van der Waals surface area contributed by atoms with Gasteiger partial charge in [0.2, 0.25) is 11.8 Å². The summed E-state index contributed by atoms with van der Waals surface area (Å²) in [7, 11) is 0. The van der Waals surface area contributed by atoms with Crippen molar-refractivity contribution in [2.75, 3.05) is 19.6 Å². The maximum absolute atomic E-state index is 13.0. The van der Waals surface area contributed by atoms with E-state index in [1.54, 1.807) is 0 Å². The number of fused-ring (bicyclic) bond motifs is 2. The number of carbonyl (C=O) groups is 2. The number of nitrogens with zero attached hydrogens (tertiary/aromatic N) is 2. The standard InChI is InChI=1S/C19H31N3O2.ClH/c20-18-13-3-1-4-14(18)12-15(11-13)19(24)21-9-6-16(7-10-21)22-8-2-5-17(22)23;/h13-16,18H,1-12,20H2;1H. The van der Waals surface area contributed by atoms with E-state index in [0.29, 0.717) is 42.2 Å². The van der Waals surface area contributed by atoms with Crippen LogP contribution in [-0.2, 0) is 9.59 Å². The molecule has 0 aromatic heterocycles. The zero-order valence-electron chi connectivity index (χ0n) is 15.1. The van der Waals surface area contributed by atoms with Crippen LogP contribution in [0.2, 0.25) is 0 Å². The molecule has 4 rings (SSSR count). The maximum Gasteiger partial charge on any atom is 0.225 e. The molecule has 2 aliphatic heterocycles. The molecule has 25 heavy (non-hydrogen) atoms. The number of carbonyl (C=O) groups excluding carboxylic acids is 2. The molecule has 4 fully saturated rings. The lowest BCUT2D eigenvalue weighted by atomic mass is 9.65. The molecule has 2 N–H and O–H groups in total. The van der Waals surface area contributed by atoms with Crippen LogP contribution in [0.5, 0.6) is 0 Å². The van der Waals surface area contributed by atoms with Gasteiger partial charge in [0.15, 0.2) is 0 Å². The molecule has 2 saturated carbocycles. The minimum Gasteiger partial charge on any atom is -0.342 e. The molecule has 2 heterocycles. The molecule has 6 heteroatoms. The van der Waals surface area contributed by atoms with Crippen LogP contribution < -0.4 is 5.73 Å². The Balaban J connectivity index is 0.00000182. The van der Waals surface area contributed by atoms with Crippen molar-refractivity contribution in [1.82, 2.24) is 9.80 Å². The smallest absolute Gasteiger partial charge is 0.225 e. The quantitative estimate of drug-likeness (QED) is 0.811. The molecule has 0 radical (unpaired) electrons. The number of nitrogens with two attached hydrogens (primary N) is 1. The van der Waals surface area contributed by atoms with Crippen molar-refractivity contribution < 1.29 is 9.59 Å². The van der Waals surface area contributed by atoms with Gasteiger partial charge < -0.3 is 15.5 Å². The minimum atomic E-state index is 0. The van der Waals surface area contributed by atoms with Gasteiger partial charge in [-0.1, -0.05) is 6.42 Å². The average molecular weight is 370 g/mol. The highest BCUT2D eigenvalue weighted by Crippen LogP contribution is 2.42. The summed E-state index contributed by atoms with van der Waals surface area (Å²) in [6.07, 6.45) is 9.34. The van der Waals surface area contributed by atoms with E-state index in [9.17, 15) is 9.59 Å². The molecule has 2 unspecified atom stereocenters. The molecule has 0 spiro atoms. The third kappa shape index (κ3) is 3.68. The van der Waals surface area contributed by atoms with Crippen LogP contribution in [0, 0.1) is 17.8 Å². The van der Waals surface area contributed by atoms with Gasteiger partial charge >= 0.3 is 0 Å². The summed E-state index contributed by atoms with van der Waals surface area (Å²) in [6.45, 7) is 2.57. The van der Waals surface area contributed by atoms with Gasteiger partial charge in [-0.15, -0.1) is 12.4 Å². The Kier molecular flexibility index (Phi) is 5.94. The summed E-state index contributed by atoms with van der Waals surface area (Å²) in [5.74, 6) is 2.00. The molecule has 142 valence electrons. The van der Waals surface area contributed by atoms with Crippen LogP contribution in [0.3, 0.4) is 0 Å². The third-order valence-corrected chi connectivity index (χ3v) is 7.09. The average Bonchev–Trinajstić information content (AvgIpc) is 3.00. The van der Waals surface area contributed by atoms with E-state index < -0.39 is 0 Å². The number of likely N-dealkylation sites (tertiary alicyclic amines) is 2. The number of hydrogen-bond donors (Lipinski definition) is 1. The Morgan fingerprint density at radius 1 is 0.960 bits per heavy atom. The van der Waals surface area contributed by atoms with E-state index in [1.165, 1.54) is 19.3 Å². The van der Waals surface area contributed by atoms with Crippen molar-refractivity contribution in [2.45, 2.75) is 69.9 Å². The molecule has 5 nitrogen and oxygen atoms in total. The number of hydrogen-bond acceptors (Lipinski definition) is 3. The van der Waals surface area contributed by atoms with Crippen LogP contribution in [0.4, 0.5) is 0 Å². The first-order chi connectivity index (χ1) is 11.6. The van der Waals surface area contributed by atoms with Gasteiger partial charge in [0.25, 0.3) is 0 Å². The maximum atomic E-state index is 13.0. The van der Waals surface area contributed by atoms with Crippen LogP contribution in [0.1, 0.15) is 57.8 Å². The second-order valence-electron chi connectivity index (χ2n) is 8.44. The van der Waals surface area contributed by atoms with E-state index in [0.717, 1.165) is 51.7 Å². The summed E-state index contributed by atoms with van der Waals surface area (Å²) in [5.41, 5.74) is 6.36. The Hall–Kier alpha value is -0.810. The van der Waals surface area contributed by atoms with E-state index in [2.05, 4.69) is 9.80 Å². The molecule has 2 saturated heterocycles. The van der Waals surface area contributed by atoms with Crippen molar-refractivity contribution in [1.29, 1.82) is 0 Å². The van der Waals surface area contributed by atoms with E-state index >= 15 is 0 Å². The Labute approximate surface area is 157 Å². The topological polar surface area (TPSA) is 66.6 Å². The highest BCUT2D eigenvalue weighted by Gasteiger charge is 2.42. The zero-order chi connectivity index (χ0) is 16.7.